The van der Waals surface area contributed by atoms with Gasteiger partial charge in [-0.15, -0.1) is 0 Å². The van der Waals surface area contributed by atoms with E-state index in [1.807, 2.05) is 44.2 Å². The van der Waals surface area contributed by atoms with Crippen molar-refractivity contribution < 1.29 is 9.59 Å². The summed E-state index contributed by atoms with van der Waals surface area (Å²) < 4.78 is 0. The lowest BCUT2D eigenvalue weighted by Crippen LogP contribution is -2.29. The second kappa shape index (κ2) is 5.01. The molecule has 3 nitrogen and oxygen atoms in total. The van der Waals surface area contributed by atoms with E-state index in [0.29, 0.717) is 22.8 Å². The number of aryl methyl sites for hydroxylation is 2. The summed E-state index contributed by atoms with van der Waals surface area (Å²) >= 11 is 6.22. The third kappa shape index (κ3) is 2.34. The lowest BCUT2D eigenvalue weighted by atomic mass is 10.1. The van der Waals surface area contributed by atoms with E-state index < -0.39 is 11.7 Å². The zero-order valence-corrected chi connectivity index (χ0v) is 12.6. The summed E-state index contributed by atoms with van der Waals surface area (Å²) in [4.78, 5) is 25.7. The number of nitrogens with zero attached hydrogens (tertiary/aromatic N) is 1. The fraction of sp³-hybridized carbons (Fsp3) is 0.176. The Hall–Kier alpha value is -2.13. The third-order valence-electron chi connectivity index (χ3n) is 3.66. The number of Topliss-reactive ketones (excluding diaryl/α,β-unsaturated/α-hetero) is 1. The smallest absolute Gasteiger partial charge is 0.299 e. The number of anilines is 1. The van der Waals surface area contributed by atoms with Gasteiger partial charge in [0.25, 0.3) is 11.7 Å². The van der Waals surface area contributed by atoms with E-state index in [9.17, 15) is 9.59 Å². The molecule has 0 spiro atoms. The summed E-state index contributed by atoms with van der Waals surface area (Å²) in [5.74, 6) is -0.941. The minimum absolute atomic E-state index is 0.305. The lowest BCUT2D eigenvalue weighted by molar-refractivity contribution is -0.114. The molecule has 0 atom stereocenters. The lowest BCUT2D eigenvalue weighted by Gasteiger charge is -2.17. The zero-order valence-electron chi connectivity index (χ0n) is 11.8. The van der Waals surface area contributed by atoms with E-state index in [4.69, 9.17) is 11.6 Å². The monoisotopic (exact) mass is 299 g/mol. The van der Waals surface area contributed by atoms with Crippen LogP contribution in [-0.2, 0) is 11.3 Å². The number of carbonyl (C=O) groups is 2. The molecule has 106 valence electrons. The van der Waals surface area contributed by atoms with Crippen LogP contribution in [-0.4, -0.2) is 11.7 Å². The highest BCUT2D eigenvalue weighted by Gasteiger charge is 2.35. The van der Waals surface area contributed by atoms with Crippen LogP contribution in [0.2, 0.25) is 5.02 Å². The first-order valence-corrected chi connectivity index (χ1v) is 7.07. The van der Waals surface area contributed by atoms with Gasteiger partial charge in [0.15, 0.2) is 0 Å². The zero-order chi connectivity index (χ0) is 15.1. The van der Waals surface area contributed by atoms with Crippen LogP contribution in [0.1, 0.15) is 27.0 Å². The van der Waals surface area contributed by atoms with Crippen LogP contribution in [0.25, 0.3) is 0 Å². The summed E-state index contributed by atoms with van der Waals surface area (Å²) in [5, 5.41) is 0.607. The SMILES string of the molecule is Cc1ccc(CN2C(=O)C(=O)c3cc(C)ccc32)c(Cl)c1. The van der Waals surface area contributed by atoms with Crippen molar-refractivity contribution in [2.24, 2.45) is 0 Å². The van der Waals surface area contributed by atoms with Crippen LogP contribution in [0, 0.1) is 13.8 Å². The van der Waals surface area contributed by atoms with Crippen LogP contribution in [0.15, 0.2) is 36.4 Å². The number of hydrogen-bond acceptors (Lipinski definition) is 2. The Balaban J connectivity index is 2.00. The molecule has 4 heteroatoms. The van der Waals surface area contributed by atoms with E-state index in [0.717, 1.165) is 16.7 Å². The topological polar surface area (TPSA) is 37.4 Å². The van der Waals surface area contributed by atoms with Gasteiger partial charge in [0.05, 0.1) is 17.8 Å². The Morgan fingerprint density at radius 3 is 2.38 bits per heavy atom. The molecule has 0 saturated carbocycles. The summed E-state index contributed by atoms with van der Waals surface area (Å²) in [7, 11) is 0. The summed E-state index contributed by atoms with van der Waals surface area (Å²) in [6, 6.07) is 11.2. The van der Waals surface area contributed by atoms with Gasteiger partial charge in [0.1, 0.15) is 0 Å². The van der Waals surface area contributed by atoms with Gasteiger partial charge in [0, 0.05) is 5.02 Å². The van der Waals surface area contributed by atoms with Crippen molar-refractivity contribution in [1.29, 1.82) is 0 Å². The van der Waals surface area contributed by atoms with E-state index in [1.165, 1.54) is 4.90 Å². The Labute approximate surface area is 128 Å². The first-order valence-electron chi connectivity index (χ1n) is 6.69. The number of benzene rings is 2. The first kappa shape index (κ1) is 13.8. The van der Waals surface area contributed by atoms with E-state index >= 15 is 0 Å². The molecule has 2 aromatic carbocycles. The number of carbonyl (C=O) groups excluding carboxylic acids is 2. The number of hydrogen-bond donors (Lipinski definition) is 0. The minimum Gasteiger partial charge on any atom is -0.300 e. The molecule has 1 amide bonds. The standard InChI is InChI=1S/C17H14ClNO2/c1-10-4-6-15-13(7-10)16(20)17(21)19(15)9-12-5-3-11(2)8-14(12)18/h3-8H,9H2,1-2H3. The van der Waals surface area contributed by atoms with Crippen LogP contribution >= 0.6 is 11.6 Å². The highest BCUT2D eigenvalue weighted by Crippen LogP contribution is 2.32. The molecule has 0 radical (unpaired) electrons. The number of fused-ring (bicyclic) bond motifs is 1. The van der Waals surface area contributed by atoms with Crippen molar-refractivity contribution in [2.45, 2.75) is 20.4 Å². The summed E-state index contributed by atoms with van der Waals surface area (Å²) in [5.41, 5.74) is 3.99. The van der Waals surface area contributed by atoms with Gasteiger partial charge in [0.2, 0.25) is 0 Å². The molecule has 0 unspecified atom stereocenters. The van der Waals surface area contributed by atoms with Crippen molar-refractivity contribution in [2.75, 3.05) is 4.90 Å². The molecule has 0 fully saturated rings. The van der Waals surface area contributed by atoms with Crippen LogP contribution < -0.4 is 4.90 Å². The van der Waals surface area contributed by atoms with Gasteiger partial charge in [-0.05, 0) is 43.2 Å². The maximum atomic E-state index is 12.2. The Bertz CT molecular complexity index is 767. The second-order valence-electron chi connectivity index (χ2n) is 5.34. The molecule has 1 heterocycles. The van der Waals surface area contributed by atoms with Gasteiger partial charge in [-0.3, -0.25) is 9.59 Å². The molecule has 0 aromatic heterocycles. The van der Waals surface area contributed by atoms with Gasteiger partial charge >= 0.3 is 0 Å². The minimum atomic E-state index is -0.493. The Kier molecular flexibility index (Phi) is 3.30. The number of rotatable bonds is 2. The number of amides is 1. The molecule has 0 saturated heterocycles. The van der Waals surface area contributed by atoms with Crippen LogP contribution in [0.5, 0.6) is 0 Å². The molecule has 3 rings (SSSR count). The molecule has 2 aromatic rings. The normalized spacial score (nSPS) is 13.8. The van der Waals surface area contributed by atoms with E-state index in [-0.39, 0.29) is 0 Å². The average molecular weight is 300 g/mol. The van der Waals surface area contributed by atoms with Gasteiger partial charge < -0.3 is 4.90 Å². The van der Waals surface area contributed by atoms with Gasteiger partial charge in [-0.1, -0.05) is 35.4 Å². The fourth-order valence-corrected chi connectivity index (χ4v) is 2.82. The molecule has 1 aliphatic rings. The third-order valence-corrected chi connectivity index (χ3v) is 4.02. The van der Waals surface area contributed by atoms with Gasteiger partial charge in [-0.2, -0.15) is 0 Å². The summed E-state index contributed by atoms with van der Waals surface area (Å²) in [6.45, 7) is 4.16. The molecule has 0 bridgehead atoms. The molecular formula is C17H14ClNO2. The molecule has 1 aliphatic heterocycles. The largest absolute Gasteiger partial charge is 0.300 e. The Morgan fingerprint density at radius 1 is 1.00 bits per heavy atom. The maximum Gasteiger partial charge on any atom is 0.299 e. The number of ketones is 1. The van der Waals surface area contributed by atoms with Crippen molar-refractivity contribution in [3.05, 3.63) is 63.7 Å². The average Bonchev–Trinajstić information content (AvgIpc) is 2.66. The maximum absolute atomic E-state index is 12.2. The molecule has 21 heavy (non-hydrogen) atoms. The highest BCUT2D eigenvalue weighted by molar-refractivity contribution is 6.52. The van der Waals surface area contributed by atoms with Crippen molar-refractivity contribution >= 4 is 29.0 Å². The van der Waals surface area contributed by atoms with Crippen molar-refractivity contribution in [3.8, 4) is 0 Å². The summed E-state index contributed by atoms with van der Waals surface area (Å²) in [6.07, 6.45) is 0. The Morgan fingerprint density at radius 2 is 1.67 bits per heavy atom. The van der Waals surface area contributed by atoms with Crippen molar-refractivity contribution in [1.82, 2.24) is 0 Å². The quantitative estimate of drug-likeness (QED) is 0.793. The number of halogens is 1. The van der Waals surface area contributed by atoms with E-state index in [1.54, 1.807) is 6.07 Å². The van der Waals surface area contributed by atoms with Crippen molar-refractivity contribution in [3.63, 3.8) is 0 Å². The molecule has 0 aliphatic carbocycles. The van der Waals surface area contributed by atoms with Crippen LogP contribution in [0.3, 0.4) is 0 Å². The first-order chi connectivity index (χ1) is 9.97. The second-order valence-corrected chi connectivity index (χ2v) is 5.74. The predicted octanol–water partition coefficient (Wildman–Crippen LogP) is 3.69. The van der Waals surface area contributed by atoms with Crippen LogP contribution in [0.4, 0.5) is 5.69 Å². The highest BCUT2D eigenvalue weighted by atomic mass is 35.5. The fourth-order valence-electron chi connectivity index (χ4n) is 2.52. The predicted molar refractivity (Wildman–Crippen MR) is 82.9 cm³/mol. The van der Waals surface area contributed by atoms with Gasteiger partial charge in [-0.25, -0.2) is 0 Å². The molecule has 0 N–H and O–H groups in total. The van der Waals surface area contributed by atoms with E-state index in [2.05, 4.69) is 0 Å². The molecular weight excluding hydrogens is 286 g/mol.